The minimum atomic E-state index is -0.248. The number of likely N-dealkylation sites (N-methyl/N-ethyl adjacent to an activating group) is 1. The molecule has 8 heteroatoms. The van der Waals surface area contributed by atoms with Gasteiger partial charge in [0.05, 0.1) is 6.54 Å². The van der Waals surface area contributed by atoms with Crippen molar-refractivity contribution in [3.63, 3.8) is 0 Å². The van der Waals surface area contributed by atoms with Crippen LogP contribution in [0.15, 0.2) is 24.3 Å². The average Bonchev–Trinajstić information content (AvgIpc) is 3.28. The number of nitrogens with zero attached hydrogens (tertiary/aromatic N) is 5. The summed E-state index contributed by atoms with van der Waals surface area (Å²) in [5.41, 5.74) is 0.868. The first-order valence-electron chi connectivity index (χ1n) is 9.55. The van der Waals surface area contributed by atoms with Crippen LogP contribution in [0.2, 0.25) is 0 Å². The zero-order valence-electron chi connectivity index (χ0n) is 15.6. The van der Waals surface area contributed by atoms with Gasteiger partial charge in [-0.05, 0) is 30.7 Å². The monoisotopic (exact) mass is 372 g/mol. The fourth-order valence-electron chi connectivity index (χ4n) is 3.86. The summed E-state index contributed by atoms with van der Waals surface area (Å²) in [6.45, 7) is 6.86. The van der Waals surface area contributed by atoms with Crippen molar-refractivity contribution in [3.05, 3.63) is 47.3 Å². The van der Waals surface area contributed by atoms with Gasteiger partial charge in [-0.3, -0.25) is 0 Å². The van der Waals surface area contributed by atoms with Crippen LogP contribution >= 0.6 is 0 Å². The third-order valence-electron chi connectivity index (χ3n) is 5.42. The predicted molar refractivity (Wildman–Crippen MR) is 98.7 cm³/mol. The second kappa shape index (κ2) is 7.64. The van der Waals surface area contributed by atoms with Crippen molar-refractivity contribution in [1.29, 1.82) is 0 Å². The molecule has 1 N–H and O–H groups in total. The molecule has 144 valence electrons. The SMILES string of the molecule is CCN1CCC(NC(=O)N2CCn3c(Cc4cccc(F)c4)nnc3C2)C1. The van der Waals surface area contributed by atoms with Crippen molar-refractivity contribution >= 4 is 6.03 Å². The van der Waals surface area contributed by atoms with Gasteiger partial charge in [0, 0.05) is 38.6 Å². The van der Waals surface area contributed by atoms with Crippen LogP contribution in [-0.2, 0) is 19.5 Å². The van der Waals surface area contributed by atoms with Gasteiger partial charge in [0.15, 0.2) is 5.82 Å². The van der Waals surface area contributed by atoms with Crippen LogP contribution in [-0.4, -0.2) is 62.8 Å². The molecule has 1 aromatic carbocycles. The van der Waals surface area contributed by atoms with Gasteiger partial charge in [0.25, 0.3) is 0 Å². The minimum Gasteiger partial charge on any atom is -0.334 e. The van der Waals surface area contributed by atoms with E-state index in [1.807, 2.05) is 10.6 Å². The van der Waals surface area contributed by atoms with E-state index in [0.717, 1.165) is 43.3 Å². The molecule has 1 aromatic heterocycles. The molecular weight excluding hydrogens is 347 g/mol. The lowest BCUT2D eigenvalue weighted by Crippen LogP contribution is -2.48. The van der Waals surface area contributed by atoms with E-state index in [4.69, 9.17) is 0 Å². The zero-order chi connectivity index (χ0) is 18.8. The highest BCUT2D eigenvalue weighted by Gasteiger charge is 2.28. The molecule has 7 nitrogen and oxygen atoms in total. The smallest absolute Gasteiger partial charge is 0.318 e. The summed E-state index contributed by atoms with van der Waals surface area (Å²) in [6, 6.07) is 6.73. The molecule has 1 atom stereocenters. The van der Waals surface area contributed by atoms with Crippen LogP contribution in [0.3, 0.4) is 0 Å². The molecule has 0 aliphatic carbocycles. The average molecular weight is 372 g/mol. The van der Waals surface area contributed by atoms with E-state index in [2.05, 4.69) is 27.3 Å². The molecule has 0 saturated carbocycles. The second-order valence-electron chi connectivity index (χ2n) is 7.24. The molecule has 3 heterocycles. The molecule has 0 radical (unpaired) electrons. The standard InChI is InChI=1S/C19H25FN6O/c1-2-24-7-6-16(12-24)21-19(27)25-8-9-26-17(22-23-18(26)13-25)11-14-4-3-5-15(20)10-14/h3-5,10,16H,2,6-9,11-13H2,1H3,(H,21,27). The molecule has 0 bridgehead atoms. The van der Waals surface area contributed by atoms with Gasteiger partial charge in [-0.2, -0.15) is 0 Å². The fraction of sp³-hybridized carbons (Fsp3) is 0.526. The maximum atomic E-state index is 13.4. The molecule has 2 aliphatic rings. The minimum absolute atomic E-state index is 0.0288. The Bertz CT molecular complexity index is 822. The Balaban J connectivity index is 1.38. The number of carbonyl (C=O) groups excluding carboxylic acids is 1. The number of likely N-dealkylation sites (tertiary alicyclic amines) is 1. The molecular formula is C19H25FN6O. The summed E-state index contributed by atoms with van der Waals surface area (Å²) in [5, 5.41) is 11.7. The fourth-order valence-corrected chi connectivity index (χ4v) is 3.86. The number of nitrogens with one attached hydrogen (secondary N) is 1. The van der Waals surface area contributed by atoms with Crippen LogP contribution < -0.4 is 5.32 Å². The van der Waals surface area contributed by atoms with Crippen molar-refractivity contribution < 1.29 is 9.18 Å². The number of hydrogen-bond acceptors (Lipinski definition) is 4. The van der Waals surface area contributed by atoms with Crippen LogP contribution in [0.5, 0.6) is 0 Å². The number of rotatable bonds is 4. The van der Waals surface area contributed by atoms with Crippen molar-refractivity contribution in [1.82, 2.24) is 29.9 Å². The van der Waals surface area contributed by atoms with E-state index >= 15 is 0 Å². The van der Waals surface area contributed by atoms with Crippen LogP contribution in [0.25, 0.3) is 0 Å². The van der Waals surface area contributed by atoms with Gasteiger partial charge >= 0.3 is 6.03 Å². The van der Waals surface area contributed by atoms with Crippen molar-refractivity contribution in [2.75, 3.05) is 26.2 Å². The van der Waals surface area contributed by atoms with Crippen LogP contribution in [0.1, 0.15) is 30.6 Å². The van der Waals surface area contributed by atoms with E-state index < -0.39 is 0 Å². The number of carbonyl (C=O) groups is 1. The Morgan fingerprint density at radius 2 is 2.19 bits per heavy atom. The molecule has 2 amide bonds. The Kier molecular flexibility index (Phi) is 5.07. The predicted octanol–water partition coefficient (Wildman–Crippen LogP) is 1.63. The van der Waals surface area contributed by atoms with Crippen molar-refractivity contribution in [3.8, 4) is 0 Å². The first-order valence-corrected chi connectivity index (χ1v) is 9.55. The lowest BCUT2D eigenvalue weighted by Gasteiger charge is -2.29. The Hall–Kier alpha value is -2.48. The van der Waals surface area contributed by atoms with Crippen molar-refractivity contribution in [2.24, 2.45) is 0 Å². The molecule has 1 saturated heterocycles. The third-order valence-corrected chi connectivity index (χ3v) is 5.42. The molecule has 27 heavy (non-hydrogen) atoms. The van der Waals surface area contributed by atoms with Crippen LogP contribution in [0.4, 0.5) is 9.18 Å². The summed E-state index contributed by atoms with van der Waals surface area (Å²) >= 11 is 0. The number of aromatic nitrogens is 3. The van der Waals surface area contributed by atoms with E-state index in [-0.39, 0.29) is 17.9 Å². The van der Waals surface area contributed by atoms with Gasteiger partial charge in [0.2, 0.25) is 0 Å². The first-order chi connectivity index (χ1) is 13.1. The first kappa shape index (κ1) is 17.9. The van der Waals surface area contributed by atoms with E-state index in [1.54, 1.807) is 11.0 Å². The maximum absolute atomic E-state index is 13.4. The lowest BCUT2D eigenvalue weighted by molar-refractivity contribution is 0.177. The van der Waals surface area contributed by atoms with Gasteiger partial charge < -0.3 is 19.7 Å². The molecule has 1 unspecified atom stereocenters. The largest absolute Gasteiger partial charge is 0.334 e. The van der Waals surface area contributed by atoms with Gasteiger partial charge in [-0.25, -0.2) is 9.18 Å². The highest BCUT2D eigenvalue weighted by Crippen LogP contribution is 2.17. The number of fused-ring (bicyclic) bond motifs is 1. The topological polar surface area (TPSA) is 66.3 Å². The second-order valence-corrected chi connectivity index (χ2v) is 7.24. The van der Waals surface area contributed by atoms with E-state index in [0.29, 0.717) is 26.1 Å². The summed E-state index contributed by atoms with van der Waals surface area (Å²) in [6.07, 6.45) is 1.53. The van der Waals surface area contributed by atoms with E-state index in [9.17, 15) is 9.18 Å². The summed E-state index contributed by atoms with van der Waals surface area (Å²) in [4.78, 5) is 16.7. The highest BCUT2D eigenvalue weighted by atomic mass is 19.1. The Morgan fingerprint density at radius 1 is 1.30 bits per heavy atom. The summed E-state index contributed by atoms with van der Waals surface area (Å²) in [5.74, 6) is 1.34. The molecule has 0 spiro atoms. The highest BCUT2D eigenvalue weighted by molar-refractivity contribution is 5.74. The van der Waals surface area contributed by atoms with Crippen LogP contribution in [0, 0.1) is 5.82 Å². The van der Waals surface area contributed by atoms with E-state index in [1.165, 1.54) is 12.1 Å². The quantitative estimate of drug-likeness (QED) is 0.886. The summed E-state index contributed by atoms with van der Waals surface area (Å²) in [7, 11) is 0. The Labute approximate surface area is 158 Å². The number of amides is 2. The molecule has 2 aliphatic heterocycles. The molecule has 4 rings (SSSR count). The number of hydrogen-bond donors (Lipinski definition) is 1. The molecule has 1 fully saturated rings. The zero-order valence-corrected chi connectivity index (χ0v) is 15.6. The maximum Gasteiger partial charge on any atom is 0.318 e. The normalized spacial score (nSPS) is 19.9. The molecule has 2 aromatic rings. The Morgan fingerprint density at radius 3 is 2.96 bits per heavy atom. The summed E-state index contributed by atoms with van der Waals surface area (Å²) < 4.78 is 15.4. The number of urea groups is 1. The number of benzene rings is 1. The number of halogens is 1. The van der Waals surface area contributed by atoms with Gasteiger partial charge in [0.1, 0.15) is 11.6 Å². The lowest BCUT2D eigenvalue weighted by atomic mass is 10.1. The third kappa shape index (κ3) is 3.95. The van der Waals surface area contributed by atoms with Gasteiger partial charge in [-0.1, -0.05) is 19.1 Å². The van der Waals surface area contributed by atoms with Crippen molar-refractivity contribution in [2.45, 2.75) is 38.9 Å². The van der Waals surface area contributed by atoms with Gasteiger partial charge in [-0.15, -0.1) is 10.2 Å².